The highest BCUT2D eigenvalue weighted by Gasteiger charge is 2.26. The number of hydrogen-bond donors (Lipinski definition) is 1. The number of hydrogen-bond acceptors (Lipinski definition) is 3. The standard InChI is InChI=1S/C13H24N2O2.ClH/c1-10-8-15(9-11(2)17-10)13(16)6-5-12-4-3-7-14-12;/h10-12,14H,3-9H2,1-2H3;1H/t10-,11+,12?;. The lowest BCUT2D eigenvalue weighted by atomic mass is 10.1. The summed E-state index contributed by atoms with van der Waals surface area (Å²) in [4.78, 5) is 14.1. The van der Waals surface area contributed by atoms with Gasteiger partial charge in [-0.3, -0.25) is 4.79 Å². The van der Waals surface area contributed by atoms with Crippen LogP contribution in [0.25, 0.3) is 0 Å². The molecule has 0 radical (unpaired) electrons. The maximum atomic E-state index is 12.1. The molecule has 1 amide bonds. The zero-order valence-electron chi connectivity index (χ0n) is 11.4. The van der Waals surface area contributed by atoms with Gasteiger partial charge in [0.1, 0.15) is 0 Å². The van der Waals surface area contributed by atoms with Crippen molar-refractivity contribution in [3.05, 3.63) is 0 Å². The van der Waals surface area contributed by atoms with Crippen molar-refractivity contribution in [2.45, 2.75) is 57.8 Å². The Morgan fingerprint density at radius 1 is 1.33 bits per heavy atom. The van der Waals surface area contributed by atoms with E-state index in [-0.39, 0.29) is 24.6 Å². The number of carbonyl (C=O) groups excluding carboxylic acids is 1. The second-order valence-corrected chi connectivity index (χ2v) is 5.39. The minimum absolute atomic E-state index is 0. The third-order valence-electron chi connectivity index (χ3n) is 3.64. The highest BCUT2D eigenvalue weighted by molar-refractivity contribution is 5.85. The van der Waals surface area contributed by atoms with Crippen LogP contribution in [-0.2, 0) is 9.53 Å². The third-order valence-corrected chi connectivity index (χ3v) is 3.64. The largest absolute Gasteiger partial charge is 0.372 e. The Bertz CT molecular complexity index is 260. The first kappa shape index (κ1) is 15.7. The Balaban J connectivity index is 0.00000162. The highest BCUT2D eigenvalue weighted by atomic mass is 35.5. The molecule has 3 atom stereocenters. The van der Waals surface area contributed by atoms with Crippen molar-refractivity contribution in [3.8, 4) is 0 Å². The summed E-state index contributed by atoms with van der Waals surface area (Å²) < 4.78 is 5.64. The van der Waals surface area contributed by atoms with Crippen LogP contribution in [0.3, 0.4) is 0 Å². The lowest BCUT2D eigenvalue weighted by molar-refractivity contribution is -0.143. The van der Waals surface area contributed by atoms with Gasteiger partial charge in [0.15, 0.2) is 0 Å². The summed E-state index contributed by atoms with van der Waals surface area (Å²) in [5.74, 6) is 0.292. The molecule has 2 fully saturated rings. The molecule has 1 unspecified atom stereocenters. The maximum absolute atomic E-state index is 12.1. The summed E-state index contributed by atoms with van der Waals surface area (Å²) >= 11 is 0. The fraction of sp³-hybridized carbons (Fsp3) is 0.923. The number of rotatable bonds is 3. The monoisotopic (exact) mass is 276 g/mol. The summed E-state index contributed by atoms with van der Waals surface area (Å²) in [5.41, 5.74) is 0. The van der Waals surface area contributed by atoms with Crippen molar-refractivity contribution in [1.82, 2.24) is 10.2 Å². The number of ether oxygens (including phenoxy) is 1. The average molecular weight is 277 g/mol. The molecule has 2 heterocycles. The summed E-state index contributed by atoms with van der Waals surface area (Å²) in [7, 11) is 0. The Morgan fingerprint density at radius 3 is 2.56 bits per heavy atom. The van der Waals surface area contributed by atoms with Gasteiger partial charge in [-0.25, -0.2) is 0 Å². The van der Waals surface area contributed by atoms with Gasteiger partial charge in [-0.05, 0) is 39.7 Å². The number of halogens is 1. The summed E-state index contributed by atoms with van der Waals surface area (Å²) in [6.07, 6.45) is 4.49. The quantitative estimate of drug-likeness (QED) is 0.851. The van der Waals surface area contributed by atoms with Crippen molar-refractivity contribution >= 4 is 18.3 Å². The molecule has 0 aromatic heterocycles. The van der Waals surface area contributed by atoms with Crippen LogP contribution >= 0.6 is 12.4 Å². The van der Waals surface area contributed by atoms with E-state index in [1.54, 1.807) is 0 Å². The zero-order valence-corrected chi connectivity index (χ0v) is 12.2. The van der Waals surface area contributed by atoms with Gasteiger partial charge >= 0.3 is 0 Å². The lowest BCUT2D eigenvalue weighted by Gasteiger charge is -2.35. The average Bonchev–Trinajstić information content (AvgIpc) is 2.77. The zero-order chi connectivity index (χ0) is 12.3. The smallest absolute Gasteiger partial charge is 0.222 e. The number of morpholine rings is 1. The van der Waals surface area contributed by atoms with E-state index in [4.69, 9.17) is 4.74 Å². The second kappa shape index (κ2) is 7.31. The molecule has 4 nitrogen and oxygen atoms in total. The molecule has 106 valence electrons. The summed E-state index contributed by atoms with van der Waals surface area (Å²) in [6.45, 7) is 6.69. The van der Waals surface area contributed by atoms with Crippen LogP contribution in [0.15, 0.2) is 0 Å². The molecular formula is C13H25ClN2O2. The topological polar surface area (TPSA) is 41.6 Å². The van der Waals surface area contributed by atoms with Gasteiger partial charge in [-0.2, -0.15) is 0 Å². The Hall–Kier alpha value is -0.320. The molecule has 0 bridgehead atoms. The third kappa shape index (κ3) is 4.41. The molecule has 1 N–H and O–H groups in total. The molecule has 2 rings (SSSR count). The van der Waals surface area contributed by atoms with E-state index in [2.05, 4.69) is 5.32 Å². The molecule has 0 saturated carbocycles. The first-order chi connectivity index (χ1) is 8.15. The highest BCUT2D eigenvalue weighted by Crippen LogP contribution is 2.15. The SMILES string of the molecule is C[C@@H]1CN(C(=O)CCC2CCCN2)C[C@H](C)O1.Cl. The molecule has 0 aliphatic carbocycles. The van der Waals surface area contributed by atoms with Crippen LogP contribution in [0.1, 0.15) is 39.5 Å². The van der Waals surface area contributed by atoms with E-state index in [0.29, 0.717) is 18.4 Å². The molecular weight excluding hydrogens is 252 g/mol. The maximum Gasteiger partial charge on any atom is 0.222 e. The minimum atomic E-state index is 0. The fourth-order valence-electron chi connectivity index (χ4n) is 2.84. The van der Waals surface area contributed by atoms with Crippen LogP contribution in [0.5, 0.6) is 0 Å². The van der Waals surface area contributed by atoms with E-state index in [0.717, 1.165) is 26.1 Å². The van der Waals surface area contributed by atoms with Crippen molar-refractivity contribution in [2.24, 2.45) is 0 Å². The van der Waals surface area contributed by atoms with E-state index in [9.17, 15) is 4.79 Å². The van der Waals surface area contributed by atoms with Gasteiger partial charge in [0.05, 0.1) is 12.2 Å². The van der Waals surface area contributed by atoms with E-state index >= 15 is 0 Å². The Morgan fingerprint density at radius 2 is 2.00 bits per heavy atom. The second-order valence-electron chi connectivity index (χ2n) is 5.39. The Kier molecular flexibility index (Phi) is 6.39. The first-order valence-electron chi connectivity index (χ1n) is 6.82. The van der Waals surface area contributed by atoms with Crippen LogP contribution < -0.4 is 5.32 Å². The van der Waals surface area contributed by atoms with Crippen molar-refractivity contribution in [2.75, 3.05) is 19.6 Å². The van der Waals surface area contributed by atoms with E-state index < -0.39 is 0 Å². The fourth-order valence-corrected chi connectivity index (χ4v) is 2.84. The van der Waals surface area contributed by atoms with Gasteiger partial charge in [-0.15, -0.1) is 12.4 Å². The predicted octanol–water partition coefficient (Wildman–Crippen LogP) is 1.58. The normalized spacial score (nSPS) is 32.1. The number of amides is 1. The molecule has 0 spiro atoms. The number of carbonyl (C=O) groups is 1. The van der Waals surface area contributed by atoms with E-state index in [1.165, 1.54) is 12.8 Å². The van der Waals surface area contributed by atoms with Gasteiger partial charge < -0.3 is 15.0 Å². The molecule has 5 heteroatoms. The van der Waals surface area contributed by atoms with Gasteiger partial charge in [0.2, 0.25) is 5.91 Å². The van der Waals surface area contributed by atoms with Crippen LogP contribution in [0.4, 0.5) is 0 Å². The molecule has 2 aliphatic heterocycles. The summed E-state index contributed by atoms with van der Waals surface area (Å²) in [5, 5.41) is 3.44. The van der Waals surface area contributed by atoms with Crippen molar-refractivity contribution < 1.29 is 9.53 Å². The van der Waals surface area contributed by atoms with Crippen LogP contribution in [0, 0.1) is 0 Å². The van der Waals surface area contributed by atoms with Crippen molar-refractivity contribution in [1.29, 1.82) is 0 Å². The molecule has 2 saturated heterocycles. The van der Waals surface area contributed by atoms with Crippen LogP contribution in [-0.4, -0.2) is 48.7 Å². The van der Waals surface area contributed by atoms with E-state index in [1.807, 2.05) is 18.7 Å². The van der Waals surface area contributed by atoms with Crippen molar-refractivity contribution in [3.63, 3.8) is 0 Å². The Labute approximate surface area is 116 Å². The minimum Gasteiger partial charge on any atom is -0.372 e. The number of nitrogens with one attached hydrogen (secondary N) is 1. The molecule has 0 aromatic rings. The summed E-state index contributed by atoms with van der Waals surface area (Å²) in [6, 6.07) is 0.565. The molecule has 0 aromatic carbocycles. The molecule has 2 aliphatic rings. The molecule has 18 heavy (non-hydrogen) atoms. The van der Waals surface area contributed by atoms with Gasteiger partial charge in [-0.1, -0.05) is 0 Å². The van der Waals surface area contributed by atoms with Crippen LogP contribution in [0.2, 0.25) is 0 Å². The first-order valence-corrected chi connectivity index (χ1v) is 6.82. The predicted molar refractivity (Wildman–Crippen MR) is 74.1 cm³/mol. The lowest BCUT2D eigenvalue weighted by Crippen LogP contribution is -2.48. The number of nitrogens with zero attached hydrogens (tertiary/aromatic N) is 1. The van der Waals surface area contributed by atoms with Gasteiger partial charge in [0.25, 0.3) is 0 Å². The van der Waals surface area contributed by atoms with Gasteiger partial charge in [0, 0.05) is 25.6 Å².